The maximum absolute atomic E-state index is 11.6. The molecule has 5 nitrogen and oxygen atoms in total. The number of carbonyl (C=O) groups excluding carboxylic acids is 2. The lowest BCUT2D eigenvalue weighted by Crippen LogP contribution is -2.17. The zero-order chi connectivity index (χ0) is 12.1. The number of hydrogen-bond donors (Lipinski definition) is 1. The van der Waals surface area contributed by atoms with Crippen LogP contribution in [0.5, 0.6) is 0 Å². The van der Waals surface area contributed by atoms with Gasteiger partial charge in [-0.1, -0.05) is 6.92 Å². The zero-order valence-electron chi connectivity index (χ0n) is 9.62. The predicted molar refractivity (Wildman–Crippen MR) is 57.3 cm³/mol. The van der Waals surface area contributed by atoms with Crippen LogP contribution in [0.15, 0.2) is 11.5 Å². The topological polar surface area (TPSA) is 78.6 Å². The molecule has 0 aromatic rings. The van der Waals surface area contributed by atoms with E-state index in [2.05, 4.69) is 0 Å². The van der Waals surface area contributed by atoms with Gasteiger partial charge in [-0.3, -0.25) is 9.59 Å². The van der Waals surface area contributed by atoms with Crippen LogP contribution < -0.4 is 5.73 Å². The third-order valence-corrected chi connectivity index (χ3v) is 2.29. The first-order valence-corrected chi connectivity index (χ1v) is 5.44. The number of Topliss-reactive ketones (excluding diaryl/α,β-unsaturated/α-hetero) is 1. The number of carbonyl (C=O) groups is 2. The second-order valence-corrected chi connectivity index (χ2v) is 3.60. The Morgan fingerprint density at radius 3 is 2.81 bits per heavy atom. The van der Waals surface area contributed by atoms with Crippen molar-refractivity contribution in [2.45, 2.75) is 39.2 Å². The summed E-state index contributed by atoms with van der Waals surface area (Å²) in [4.78, 5) is 23.0. The molecule has 1 aliphatic rings. The lowest BCUT2D eigenvalue weighted by Gasteiger charge is -2.03. The van der Waals surface area contributed by atoms with Crippen LogP contribution in [-0.4, -0.2) is 24.4 Å². The molecule has 0 aromatic carbocycles. The van der Waals surface area contributed by atoms with Crippen LogP contribution in [0.25, 0.3) is 0 Å². The van der Waals surface area contributed by atoms with Crippen LogP contribution in [0, 0.1) is 0 Å². The number of ketones is 1. The van der Waals surface area contributed by atoms with Crippen molar-refractivity contribution in [3.63, 3.8) is 0 Å². The van der Waals surface area contributed by atoms with E-state index in [1.165, 1.54) is 0 Å². The fraction of sp³-hybridized carbons (Fsp3) is 0.636. The third-order valence-electron chi connectivity index (χ3n) is 2.29. The standard InChI is InChI=1S/C11H17NO4/c1-3-8-11(10(14)7(2)15-8)16-9(13)5-4-6-12/h7H,3-6,12H2,1-2H3. The smallest absolute Gasteiger partial charge is 0.311 e. The van der Waals surface area contributed by atoms with Crippen molar-refractivity contribution < 1.29 is 19.1 Å². The fourth-order valence-electron chi connectivity index (χ4n) is 1.40. The maximum Gasteiger partial charge on any atom is 0.311 e. The minimum atomic E-state index is -0.549. The van der Waals surface area contributed by atoms with E-state index in [9.17, 15) is 9.59 Å². The highest BCUT2D eigenvalue weighted by atomic mass is 16.6. The molecule has 0 aliphatic carbocycles. The third kappa shape index (κ3) is 2.82. The molecule has 0 saturated heterocycles. The van der Waals surface area contributed by atoms with E-state index < -0.39 is 12.1 Å². The highest BCUT2D eigenvalue weighted by molar-refractivity contribution is 6.00. The minimum Gasteiger partial charge on any atom is -0.483 e. The van der Waals surface area contributed by atoms with E-state index >= 15 is 0 Å². The Balaban J connectivity index is 2.63. The van der Waals surface area contributed by atoms with Crippen molar-refractivity contribution in [2.24, 2.45) is 5.73 Å². The SMILES string of the molecule is CCC1=C(OC(=O)CCCN)C(=O)C(C)O1. The summed E-state index contributed by atoms with van der Waals surface area (Å²) in [6.07, 6.45) is 0.763. The summed E-state index contributed by atoms with van der Waals surface area (Å²) in [5, 5.41) is 0. The summed E-state index contributed by atoms with van der Waals surface area (Å²) in [6, 6.07) is 0. The Bertz CT molecular complexity index is 322. The van der Waals surface area contributed by atoms with Crippen LogP contribution in [-0.2, 0) is 19.1 Å². The van der Waals surface area contributed by atoms with E-state index in [0.29, 0.717) is 25.1 Å². The average molecular weight is 227 g/mol. The van der Waals surface area contributed by atoms with Crippen molar-refractivity contribution in [1.82, 2.24) is 0 Å². The molecule has 0 saturated carbocycles. The van der Waals surface area contributed by atoms with Crippen LogP contribution >= 0.6 is 0 Å². The van der Waals surface area contributed by atoms with Gasteiger partial charge in [0.05, 0.1) is 0 Å². The Hall–Kier alpha value is -1.36. The van der Waals surface area contributed by atoms with E-state index in [-0.39, 0.29) is 18.0 Å². The van der Waals surface area contributed by atoms with Crippen LogP contribution in [0.2, 0.25) is 0 Å². The Kier molecular flexibility index (Phi) is 4.49. The van der Waals surface area contributed by atoms with Gasteiger partial charge >= 0.3 is 5.97 Å². The van der Waals surface area contributed by atoms with Gasteiger partial charge in [-0.05, 0) is 19.9 Å². The highest BCUT2D eigenvalue weighted by Gasteiger charge is 2.33. The molecule has 1 unspecified atom stereocenters. The molecule has 0 spiro atoms. The summed E-state index contributed by atoms with van der Waals surface area (Å²) in [5.41, 5.74) is 5.28. The second-order valence-electron chi connectivity index (χ2n) is 3.60. The van der Waals surface area contributed by atoms with Crippen LogP contribution in [0.1, 0.15) is 33.1 Å². The molecular weight excluding hydrogens is 210 g/mol. The Labute approximate surface area is 94.6 Å². The van der Waals surface area contributed by atoms with Gasteiger partial charge in [-0.2, -0.15) is 0 Å². The Morgan fingerprint density at radius 2 is 2.25 bits per heavy atom. The molecule has 0 amide bonds. The normalized spacial score (nSPS) is 19.9. The van der Waals surface area contributed by atoms with Gasteiger partial charge in [0.2, 0.25) is 11.5 Å². The maximum atomic E-state index is 11.6. The van der Waals surface area contributed by atoms with E-state index in [1.807, 2.05) is 6.92 Å². The van der Waals surface area contributed by atoms with Crippen molar-refractivity contribution in [3.8, 4) is 0 Å². The zero-order valence-corrected chi connectivity index (χ0v) is 9.62. The molecule has 0 fully saturated rings. The number of rotatable bonds is 5. The van der Waals surface area contributed by atoms with Crippen LogP contribution in [0.4, 0.5) is 0 Å². The first kappa shape index (κ1) is 12.7. The van der Waals surface area contributed by atoms with Gasteiger partial charge in [0.15, 0.2) is 6.10 Å². The molecule has 5 heteroatoms. The monoisotopic (exact) mass is 227 g/mol. The van der Waals surface area contributed by atoms with Crippen molar-refractivity contribution in [2.75, 3.05) is 6.54 Å². The lowest BCUT2D eigenvalue weighted by molar-refractivity contribution is -0.142. The summed E-state index contributed by atoms with van der Waals surface area (Å²) in [5.74, 6) is -0.175. The summed E-state index contributed by atoms with van der Waals surface area (Å²) < 4.78 is 10.3. The molecule has 0 radical (unpaired) electrons. The quantitative estimate of drug-likeness (QED) is 0.705. The molecule has 1 rings (SSSR count). The molecule has 2 N–H and O–H groups in total. The van der Waals surface area contributed by atoms with E-state index in [1.54, 1.807) is 6.92 Å². The number of nitrogens with two attached hydrogens (primary N) is 1. The van der Waals surface area contributed by atoms with Crippen molar-refractivity contribution in [3.05, 3.63) is 11.5 Å². The van der Waals surface area contributed by atoms with Crippen LogP contribution in [0.3, 0.4) is 0 Å². The average Bonchev–Trinajstić information content (AvgIpc) is 2.54. The molecule has 1 atom stereocenters. The van der Waals surface area contributed by atoms with Gasteiger partial charge in [0.25, 0.3) is 0 Å². The first-order chi connectivity index (χ1) is 7.60. The van der Waals surface area contributed by atoms with Gasteiger partial charge in [0, 0.05) is 12.8 Å². The largest absolute Gasteiger partial charge is 0.483 e. The summed E-state index contributed by atoms with van der Waals surface area (Å²) >= 11 is 0. The minimum absolute atomic E-state index is 0.0667. The van der Waals surface area contributed by atoms with Gasteiger partial charge < -0.3 is 15.2 Å². The van der Waals surface area contributed by atoms with Crippen molar-refractivity contribution >= 4 is 11.8 Å². The highest BCUT2D eigenvalue weighted by Crippen LogP contribution is 2.25. The number of allylic oxidation sites excluding steroid dienone is 1. The second kappa shape index (κ2) is 5.65. The number of ether oxygens (including phenoxy) is 2. The molecule has 16 heavy (non-hydrogen) atoms. The lowest BCUT2D eigenvalue weighted by atomic mass is 10.2. The Morgan fingerprint density at radius 1 is 1.56 bits per heavy atom. The molecule has 0 aromatic heterocycles. The number of hydrogen-bond acceptors (Lipinski definition) is 5. The molecule has 1 aliphatic heterocycles. The molecular formula is C11H17NO4. The molecule has 90 valence electrons. The van der Waals surface area contributed by atoms with Gasteiger partial charge in [-0.25, -0.2) is 0 Å². The number of esters is 1. The first-order valence-electron chi connectivity index (χ1n) is 5.44. The van der Waals surface area contributed by atoms with Crippen molar-refractivity contribution in [1.29, 1.82) is 0 Å². The predicted octanol–water partition coefficient (Wildman–Crippen LogP) is 0.878. The molecule has 1 heterocycles. The van der Waals surface area contributed by atoms with Gasteiger partial charge in [0.1, 0.15) is 5.76 Å². The van der Waals surface area contributed by atoms with Gasteiger partial charge in [-0.15, -0.1) is 0 Å². The van der Waals surface area contributed by atoms with E-state index in [0.717, 1.165) is 0 Å². The summed E-state index contributed by atoms with van der Waals surface area (Å²) in [7, 11) is 0. The molecule has 0 bridgehead atoms. The summed E-state index contributed by atoms with van der Waals surface area (Å²) in [6.45, 7) is 3.91. The fourth-order valence-corrected chi connectivity index (χ4v) is 1.40. The van der Waals surface area contributed by atoms with E-state index in [4.69, 9.17) is 15.2 Å².